The van der Waals surface area contributed by atoms with Gasteiger partial charge in [-0.05, 0) is 0 Å². The second kappa shape index (κ2) is 5.73. The highest BCUT2D eigenvalue weighted by Crippen LogP contribution is 2.07. The van der Waals surface area contributed by atoms with Gasteiger partial charge in [0.15, 0.2) is 5.17 Å². The minimum absolute atomic E-state index is 0.123. The Hall–Kier alpha value is -0.0300. The van der Waals surface area contributed by atoms with Crippen molar-refractivity contribution in [1.29, 1.82) is 0 Å². The number of hydrogen-bond donors (Lipinski definition) is 1. The molecule has 0 spiro atoms. The number of thioether (sulfide) groups is 1. The fourth-order valence-electron chi connectivity index (χ4n) is 0.323. The molecule has 0 aromatic carbocycles. The normalized spacial score (nSPS) is 15.8. The van der Waals surface area contributed by atoms with E-state index in [1.165, 1.54) is 11.8 Å². The molecule has 1 aliphatic heterocycles. The van der Waals surface area contributed by atoms with Crippen LogP contribution in [0, 0.1) is 0 Å². The van der Waals surface area contributed by atoms with E-state index in [1.54, 1.807) is 0 Å². The van der Waals surface area contributed by atoms with Crippen LogP contribution in [-0.4, -0.2) is 22.2 Å². The maximum Gasteiger partial charge on any atom is 0.258 e. The van der Waals surface area contributed by atoms with Crippen LogP contribution in [0.4, 0.5) is 0 Å². The molecular weight excluding hydrogens is 216 g/mol. The Morgan fingerprint density at radius 2 is 2.40 bits per heavy atom. The summed E-state index contributed by atoms with van der Waals surface area (Å²) in [4.78, 5) is 13.6. The average molecular weight is 225 g/mol. The molecule has 0 aromatic heterocycles. The van der Waals surface area contributed by atoms with Crippen LogP contribution < -0.4 is 5.73 Å². The van der Waals surface area contributed by atoms with Gasteiger partial charge in [-0.1, -0.05) is 34.6 Å². The molecule has 1 heterocycles. The van der Waals surface area contributed by atoms with Crippen molar-refractivity contribution in [2.24, 2.45) is 10.7 Å². The standard InChI is InChI=1S/C3H4N2OS.C2H5Br/c4-3-5-2(6)1-7-3;1-2-3/h1H2,(H2,4,5,6);2H2,1H3. The summed E-state index contributed by atoms with van der Waals surface area (Å²) in [5, 5.41) is 1.46. The van der Waals surface area contributed by atoms with Crippen molar-refractivity contribution in [2.45, 2.75) is 6.92 Å². The minimum atomic E-state index is -0.123. The van der Waals surface area contributed by atoms with Crippen LogP contribution in [0.25, 0.3) is 0 Å². The number of nitrogens with zero attached hydrogens (tertiary/aromatic N) is 1. The molecule has 1 amide bonds. The zero-order chi connectivity index (χ0) is 7.98. The van der Waals surface area contributed by atoms with Crippen molar-refractivity contribution in [3.63, 3.8) is 0 Å². The second-order valence-electron chi connectivity index (χ2n) is 1.40. The Balaban J connectivity index is 0.000000236. The third kappa shape index (κ3) is 4.81. The van der Waals surface area contributed by atoms with Gasteiger partial charge in [-0.3, -0.25) is 4.79 Å². The fraction of sp³-hybridized carbons (Fsp3) is 0.600. The van der Waals surface area contributed by atoms with Gasteiger partial charge in [0.25, 0.3) is 5.91 Å². The van der Waals surface area contributed by atoms with Gasteiger partial charge in [-0.2, -0.15) is 4.99 Å². The molecule has 10 heavy (non-hydrogen) atoms. The van der Waals surface area contributed by atoms with Gasteiger partial charge in [-0.15, -0.1) is 0 Å². The molecule has 0 aromatic rings. The number of rotatable bonds is 0. The molecule has 0 saturated heterocycles. The van der Waals surface area contributed by atoms with Gasteiger partial charge in [-0.25, -0.2) is 0 Å². The molecule has 0 atom stereocenters. The van der Waals surface area contributed by atoms with Crippen LogP contribution in [0.1, 0.15) is 6.92 Å². The first-order valence-corrected chi connectivity index (χ1v) is 4.87. The summed E-state index contributed by atoms with van der Waals surface area (Å²) in [6, 6.07) is 0. The van der Waals surface area contributed by atoms with Crippen LogP contribution >= 0.6 is 27.7 Å². The lowest BCUT2D eigenvalue weighted by atomic mass is 10.7. The molecule has 5 heteroatoms. The van der Waals surface area contributed by atoms with E-state index in [9.17, 15) is 4.79 Å². The molecule has 0 fully saturated rings. The maximum absolute atomic E-state index is 10.2. The van der Waals surface area contributed by atoms with Gasteiger partial charge >= 0.3 is 0 Å². The predicted octanol–water partition coefficient (Wildman–Crippen LogP) is 0.976. The lowest BCUT2D eigenvalue weighted by Gasteiger charge is -1.76. The molecule has 1 rings (SSSR count). The van der Waals surface area contributed by atoms with E-state index in [2.05, 4.69) is 20.9 Å². The van der Waals surface area contributed by atoms with Gasteiger partial charge in [0.1, 0.15) is 0 Å². The van der Waals surface area contributed by atoms with E-state index in [0.717, 1.165) is 5.33 Å². The van der Waals surface area contributed by atoms with Crippen molar-refractivity contribution >= 4 is 38.8 Å². The van der Waals surface area contributed by atoms with Crippen LogP contribution in [0.3, 0.4) is 0 Å². The summed E-state index contributed by atoms with van der Waals surface area (Å²) in [7, 11) is 0. The SMILES string of the molecule is CCBr.NC1=NC(=O)CS1. The second-order valence-corrected chi connectivity index (χ2v) is 3.52. The van der Waals surface area contributed by atoms with Gasteiger partial charge in [0.05, 0.1) is 5.75 Å². The third-order valence-electron chi connectivity index (χ3n) is 0.578. The molecule has 0 radical (unpaired) electrons. The quantitative estimate of drug-likeness (QED) is 0.625. The number of nitrogens with two attached hydrogens (primary N) is 1. The van der Waals surface area contributed by atoms with E-state index >= 15 is 0 Å². The Morgan fingerprint density at radius 1 is 1.90 bits per heavy atom. The molecular formula is C5H9BrN2OS. The van der Waals surface area contributed by atoms with Crippen molar-refractivity contribution in [1.82, 2.24) is 0 Å². The number of amidine groups is 1. The van der Waals surface area contributed by atoms with E-state index in [0.29, 0.717) is 10.9 Å². The number of carbonyl (C=O) groups is 1. The largest absolute Gasteiger partial charge is 0.378 e. The van der Waals surface area contributed by atoms with E-state index < -0.39 is 0 Å². The van der Waals surface area contributed by atoms with Crippen molar-refractivity contribution in [3.8, 4) is 0 Å². The van der Waals surface area contributed by atoms with E-state index in [-0.39, 0.29) is 5.91 Å². The smallest absolute Gasteiger partial charge is 0.258 e. The first kappa shape index (κ1) is 9.97. The van der Waals surface area contributed by atoms with E-state index in [1.807, 2.05) is 6.92 Å². The topological polar surface area (TPSA) is 55.4 Å². The average Bonchev–Trinajstić information content (AvgIpc) is 2.17. The number of alkyl halides is 1. The van der Waals surface area contributed by atoms with Crippen molar-refractivity contribution < 1.29 is 4.79 Å². The Bertz CT molecular complexity index is 149. The Labute approximate surface area is 72.6 Å². The minimum Gasteiger partial charge on any atom is -0.378 e. The lowest BCUT2D eigenvalue weighted by molar-refractivity contribution is -0.115. The molecule has 1 aliphatic rings. The number of amides is 1. The lowest BCUT2D eigenvalue weighted by Crippen LogP contribution is -2.01. The van der Waals surface area contributed by atoms with Crippen LogP contribution in [-0.2, 0) is 4.79 Å². The highest BCUT2D eigenvalue weighted by molar-refractivity contribution is 9.09. The number of halogens is 1. The van der Waals surface area contributed by atoms with Gasteiger partial charge in [0, 0.05) is 5.33 Å². The van der Waals surface area contributed by atoms with Crippen molar-refractivity contribution in [2.75, 3.05) is 11.1 Å². The van der Waals surface area contributed by atoms with Crippen LogP contribution in [0.2, 0.25) is 0 Å². The summed E-state index contributed by atoms with van der Waals surface area (Å²) in [6.07, 6.45) is 0. The zero-order valence-corrected chi connectivity index (χ0v) is 8.04. The summed E-state index contributed by atoms with van der Waals surface area (Å²) in [5.74, 6) is 0.300. The number of hydrogen-bond acceptors (Lipinski definition) is 3. The Morgan fingerprint density at radius 3 is 2.50 bits per heavy atom. The summed E-state index contributed by atoms with van der Waals surface area (Å²) in [5.41, 5.74) is 5.12. The first-order chi connectivity index (χ1) is 4.70. The molecule has 3 nitrogen and oxygen atoms in total. The number of carbonyl (C=O) groups excluding carboxylic acids is 1. The third-order valence-corrected chi connectivity index (χ3v) is 1.36. The molecule has 58 valence electrons. The highest BCUT2D eigenvalue weighted by Gasteiger charge is 2.09. The maximum atomic E-state index is 10.2. The zero-order valence-electron chi connectivity index (χ0n) is 5.63. The molecule has 0 saturated carbocycles. The molecule has 2 N–H and O–H groups in total. The molecule has 0 unspecified atom stereocenters. The summed E-state index contributed by atoms with van der Waals surface area (Å²) in [6.45, 7) is 2.04. The van der Waals surface area contributed by atoms with Crippen LogP contribution in [0.15, 0.2) is 4.99 Å². The van der Waals surface area contributed by atoms with Crippen LogP contribution in [0.5, 0.6) is 0 Å². The van der Waals surface area contributed by atoms with Gasteiger partial charge < -0.3 is 5.73 Å². The first-order valence-electron chi connectivity index (χ1n) is 2.76. The monoisotopic (exact) mass is 224 g/mol. The number of aliphatic imine (C=N–C) groups is 1. The fourth-order valence-corrected chi connectivity index (χ4v) is 0.825. The summed E-state index contributed by atoms with van der Waals surface area (Å²) >= 11 is 4.43. The van der Waals surface area contributed by atoms with Gasteiger partial charge in [0.2, 0.25) is 0 Å². The molecule has 0 aliphatic carbocycles. The summed E-state index contributed by atoms with van der Waals surface area (Å²) < 4.78 is 0. The highest BCUT2D eigenvalue weighted by atomic mass is 79.9. The predicted molar refractivity (Wildman–Crippen MR) is 48.6 cm³/mol. The van der Waals surface area contributed by atoms with Crippen molar-refractivity contribution in [3.05, 3.63) is 0 Å². The van der Waals surface area contributed by atoms with E-state index in [4.69, 9.17) is 5.73 Å². The molecule has 0 bridgehead atoms. The Kier molecular flexibility index (Phi) is 5.71.